The minimum absolute atomic E-state index is 0.0847. The molecule has 3 heterocycles. The van der Waals surface area contributed by atoms with Gasteiger partial charge >= 0.3 is 0 Å². The van der Waals surface area contributed by atoms with Crippen LogP contribution in [0.5, 0.6) is 0 Å². The smallest absolute Gasteiger partial charge is 0.248 e. The van der Waals surface area contributed by atoms with Crippen molar-refractivity contribution < 1.29 is 12.8 Å². The lowest BCUT2D eigenvalue weighted by Crippen LogP contribution is -2.39. The van der Waals surface area contributed by atoms with Crippen molar-refractivity contribution in [3.05, 3.63) is 52.0 Å². The minimum Gasteiger partial charge on any atom is -0.420 e. The number of aryl methyl sites for hydroxylation is 2. The predicted molar refractivity (Wildman–Crippen MR) is 104 cm³/mol. The molecule has 142 valence electrons. The van der Waals surface area contributed by atoms with Crippen LogP contribution in [0.15, 0.2) is 44.3 Å². The fourth-order valence-electron chi connectivity index (χ4n) is 3.39. The Kier molecular flexibility index (Phi) is 4.88. The SMILES string of the molecule is Cc1ccc(C)c(S(=O)(=O)N2CCCC(c3nnc(-c4ccsc4)o3)C2)c1. The summed E-state index contributed by atoms with van der Waals surface area (Å²) in [4.78, 5) is 0.382. The third kappa shape index (κ3) is 3.56. The average molecular weight is 404 g/mol. The Hall–Kier alpha value is -2.03. The largest absolute Gasteiger partial charge is 0.420 e. The van der Waals surface area contributed by atoms with Crippen LogP contribution in [-0.2, 0) is 10.0 Å². The second kappa shape index (κ2) is 7.18. The zero-order chi connectivity index (χ0) is 19.0. The number of aromatic nitrogens is 2. The Bertz CT molecular complexity index is 1040. The fourth-order valence-corrected chi connectivity index (χ4v) is 5.85. The maximum atomic E-state index is 13.2. The van der Waals surface area contributed by atoms with Gasteiger partial charge in [0.1, 0.15) is 0 Å². The van der Waals surface area contributed by atoms with E-state index in [1.54, 1.807) is 21.7 Å². The molecule has 6 nitrogen and oxygen atoms in total. The lowest BCUT2D eigenvalue weighted by molar-refractivity contribution is 0.286. The molecule has 1 atom stereocenters. The van der Waals surface area contributed by atoms with Gasteiger partial charge < -0.3 is 4.42 Å². The summed E-state index contributed by atoms with van der Waals surface area (Å²) >= 11 is 1.57. The number of piperidine rings is 1. The van der Waals surface area contributed by atoms with Crippen LogP contribution < -0.4 is 0 Å². The highest BCUT2D eigenvalue weighted by Crippen LogP contribution is 2.32. The number of benzene rings is 1. The Morgan fingerprint density at radius 2 is 2.07 bits per heavy atom. The van der Waals surface area contributed by atoms with Crippen molar-refractivity contribution in [2.24, 2.45) is 0 Å². The van der Waals surface area contributed by atoms with Gasteiger partial charge in [0.2, 0.25) is 21.8 Å². The first-order valence-electron chi connectivity index (χ1n) is 8.88. The summed E-state index contributed by atoms with van der Waals surface area (Å²) in [6.07, 6.45) is 1.61. The summed E-state index contributed by atoms with van der Waals surface area (Å²) in [7, 11) is -3.55. The van der Waals surface area contributed by atoms with Crippen LogP contribution in [0.3, 0.4) is 0 Å². The molecule has 0 N–H and O–H groups in total. The molecular weight excluding hydrogens is 382 g/mol. The Morgan fingerprint density at radius 3 is 2.85 bits per heavy atom. The third-order valence-electron chi connectivity index (χ3n) is 4.90. The van der Waals surface area contributed by atoms with E-state index in [0.717, 1.165) is 29.5 Å². The lowest BCUT2D eigenvalue weighted by atomic mass is 10.00. The van der Waals surface area contributed by atoms with Crippen molar-refractivity contribution >= 4 is 21.4 Å². The number of thiophene rings is 1. The van der Waals surface area contributed by atoms with Gasteiger partial charge in [-0.2, -0.15) is 15.6 Å². The van der Waals surface area contributed by atoms with Gasteiger partial charge in [-0.1, -0.05) is 12.1 Å². The number of nitrogens with zero attached hydrogens (tertiary/aromatic N) is 3. The fraction of sp³-hybridized carbons (Fsp3) is 0.368. The molecule has 0 radical (unpaired) electrons. The molecular formula is C19H21N3O3S2. The van der Waals surface area contributed by atoms with Gasteiger partial charge in [0, 0.05) is 24.0 Å². The minimum atomic E-state index is -3.55. The van der Waals surface area contributed by atoms with Gasteiger partial charge in [0.25, 0.3) is 0 Å². The van der Waals surface area contributed by atoms with Crippen LogP contribution >= 0.6 is 11.3 Å². The highest BCUT2D eigenvalue weighted by molar-refractivity contribution is 7.89. The van der Waals surface area contributed by atoms with E-state index in [1.807, 2.05) is 42.8 Å². The summed E-state index contributed by atoms with van der Waals surface area (Å²) < 4.78 is 33.8. The van der Waals surface area contributed by atoms with Gasteiger partial charge in [-0.05, 0) is 55.3 Å². The van der Waals surface area contributed by atoms with E-state index in [-0.39, 0.29) is 5.92 Å². The second-order valence-electron chi connectivity index (χ2n) is 6.93. The van der Waals surface area contributed by atoms with Crippen molar-refractivity contribution in [2.75, 3.05) is 13.1 Å². The average Bonchev–Trinajstić information content (AvgIpc) is 3.35. The molecule has 4 rings (SSSR count). The molecule has 1 fully saturated rings. The number of hydrogen-bond donors (Lipinski definition) is 0. The zero-order valence-corrected chi connectivity index (χ0v) is 16.9. The molecule has 0 amide bonds. The van der Waals surface area contributed by atoms with E-state index in [2.05, 4.69) is 10.2 Å². The van der Waals surface area contributed by atoms with Crippen LogP contribution in [0.1, 0.15) is 35.8 Å². The summed E-state index contributed by atoms with van der Waals surface area (Å²) in [6.45, 7) is 4.61. The highest BCUT2D eigenvalue weighted by Gasteiger charge is 2.34. The summed E-state index contributed by atoms with van der Waals surface area (Å²) in [5.41, 5.74) is 2.60. The Balaban J connectivity index is 1.59. The molecule has 8 heteroatoms. The topological polar surface area (TPSA) is 76.3 Å². The van der Waals surface area contributed by atoms with E-state index >= 15 is 0 Å². The third-order valence-corrected chi connectivity index (χ3v) is 7.59. The number of sulfonamides is 1. The summed E-state index contributed by atoms with van der Waals surface area (Å²) in [5.74, 6) is 0.913. The normalized spacial score (nSPS) is 18.7. The first kappa shape index (κ1) is 18.3. The van der Waals surface area contributed by atoms with Gasteiger partial charge in [0.15, 0.2) is 0 Å². The standard InChI is InChI=1S/C19H21N3O3S2/c1-13-5-6-14(2)17(10-13)27(23,24)22-8-3-4-15(11-22)18-20-21-19(25-18)16-7-9-26-12-16/h5-7,9-10,12,15H,3-4,8,11H2,1-2H3. The first-order valence-corrected chi connectivity index (χ1v) is 11.3. The molecule has 1 aliphatic rings. The van der Waals surface area contributed by atoms with Crippen LogP contribution in [0.25, 0.3) is 11.5 Å². The maximum Gasteiger partial charge on any atom is 0.248 e. The van der Waals surface area contributed by atoms with Crippen molar-refractivity contribution in [2.45, 2.75) is 37.5 Å². The van der Waals surface area contributed by atoms with E-state index < -0.39 is 10.0 Å². The monoisotopic (exact) mass is 403 g/mol. The lowest BCUT2D eigenvalue weighted by Gasteiger charge is -2.30. The predicted octanol–water partition coefficient (Wildman–Crippen LogP) is 3.98. The van der Waals surface area contributed by atoms with E-state index in [9.17, 15) is 8.42 Å². The van der Waals surface area contributed by atoms with Crippen molar-refractivity contribution in [3.63, 3.8) is 0 Å². The zero-order valence-electron chi connectivity index (χ0n) is 15.3. The van der Waals surface area contributed by atoms with Crippen LogP contribution in [0.2, 0.25) is 0 Å². The quantitative estimate of drug-likeness (QED) is 0.658. The van der Waals surface area contributed by atoms with Gasteiger partial charge in [-0.25, -0.2) is 8.42 Å². The molecule has 27 heavy (non-hydrogen) atoms. The van der Waals surface area contributed by atoms with Crippen LogP contribution in [-0.4, -0.2) is 36.0 Å². The van der Waals surface area contributed by atoms with Crippen molar-refractivity contribution in [3.8, 4) is 11.5 Å². The molecule has 0 aliphatic carbocycles. The van der Waals surface area contributed by atoms with Gasteiger partial charge in [-0.3, -0.25) is 0 Å². The maximum absolute atomic E-state index is 13.2. The Labute approximate surface area is 162 Å². The van der Waals surface area contributed by atoms with E-state index in [4.69, 9.17) is 4.42 Å². The van der Waals surface area contributed by atoms with E-state index in [1.165, 1.54) is 0 Å². The van der Waals surface area contributed by atoms with Gasteiger partial charge in [0.05, 0.1) is 10.8 Å². The Morgan fingerprint density at radius 1 is 1.22 bits per heavy atom. The summed E-state index contributed by atoms with van der Waals surface area (Å²) in [6, 6.07) is 7.46. The van der Waals surface area contributed by atoms with Crippen molar-refractivity contribution in [1.82, 2.24) is 14.5 Å². The molecule has 0 bridgehead atoms. The molecule has 1 unspecified atom stereocenters. The number of rotatable bonds is 4. The molecule has 3 aromatic rings. The molecule has 2 aromatic heterocycles. The highest BCUT2D eigenvalue weighted by atomic mass is 32.2. The van der Waals surface area contributed by atoms with E-state index in [0.29, 0.717) is 29.8 Å². The van der Waals surface area contributed by atoms with Gasteiger partial charge in [-0.15, -0.1) is 10.2 Å². The second-order valence-corrected chi connectivity index (χ2v) is 9.62. The molecule has 0 saturated carbocycles. The first-order chi connectivity index (χ1) is 12.9. The molecule has 1 aromatic carbocycles. The molecule has 1 aliphatic heterocycles. The van der Waals surface area contributed by atoms with Crippen LogP contribution in [0.4, 0.5) is 0 Å². The molecule has 1 saturated heterocycles. The molecule has 0 spiro atoms. The van der Waals surface area contributed by atoms with Crippen molar-refractivity contribution in [1.29, 1.82) is 0 Å². The number of hydrogen-bond acceptors (Lipinski definition) is 6. The summed E-state index contributed by atoms with van der Waals surface area (Å²) in [5, 5.41) is 12.2. The van der Waals surface area contributed by atoms with Crippen LogP contribution in [0, 0.1) is 13.8 Å².